The summed E-state index contributed by atoms with van der Waals surface area (Å²) in [5.41, 5.74) is 3.31. The van der Waals surface area contributed by atoms with Crippen molar-refractivity contribution >= 4 is 22.5 Å². The normalized spacial score (nSPS) is 10.8. The van der Waals surface area contributed by atoms with E-state index < -0.39 is 0 Å². The third-order valence-corrected chi connectivity index (χ3v) is 4.77. The molecule has 0 saturated heterocycles. The molecule has 0 aliphatic carbocycles. The number of nitrogens with one attached hydrogen (secondary N) is 1. The van der Waals surface area contributed by atoms with Gasteiger partial charge in [0, 0.05) is 37.0 Å². The van der Waals surface area contributed by atoms with E-state index >= 15 is 0 Å². The number of ether oxygens (including phenoxy) is 2. The van der Waals surface area contributed by atoms with Crippen molar-refractivity contribution in [2.45, 2.75) is 6.54 Å². The number of nitrogens with zero attached hydrogens (tertiary/aromatic N) is 2. The molecule has 4 rings (SSSR count). The van der Waals surface area contributed by atoms with Crippen LogP contribution in [0, 0.1) is 0 Å². The number of rotatable bonds is 8. The lowest BCUT2D eigenvalue weighted by atomic mass is 10.1. The molecule has 6 heteroatoms. The van der Waals surface area contributed by atoms with E-state index in [1.165, 1.54) is 5.56 Å². The number of para-hydroxylation sites is 1. The molecule has 0 saturated carbocycles. The highest BCUT2D eigenvalue weighted by Gasteiger charge is 2.17. The summed E-state index contributed by atoms with van der Waals surface area (Å²) in [7, 11) is 1.61. The van der Waals surface area contributed by atoms with Gasteiger partial charge in [-0.25, -0.2) is 4.98 Å². The topological polar surface area (TPSA) is 65.4 Å². The zero-order valence-electron chi connectivity index (χ0n) is 16.7. The first-order chi connectivity index (χ1) is 14.8. The van der Waals surface area contributed by atoms with Crippen LogP contribution in [-0.4, -0.2) is 35.8 Å². The van der Waals surface area contributed by atoms with Crippen LogP contribution in [0.15, 0.2) is 79.1 Å². The Morgan fingerprint density at radius 3 is 2.63 bits per heavy atom. The number of hydrogen-bond acceptors (Lipinski definition) is 4. The summed E-state index contributed by atoms with van der Waals surface area (Å²) in [5.74, 6) is 0.165. The number of hydrogen-bond donors (Lipinski definition) is 1. The van der Waals surface area contributed by atoms with Crippen LogP contribution in [0.4, 0.5) is 5.69 Å². The van der Waals surface area contributed by atoms with E-state index in [2.05, 4.69) is 27.0 Å². The van der Waals surface area contributed by atoms with Crippen LogP contribution >= 0.6 is 0 Å². The van der Waals surface area contributed by atoms with E-state index in [4.69, 9.17) is 9.47 Å². The zero-order valence-corrected chi connectivity index (χ0v) is 16.7. The first kappa shape index (κ1) is 19.7. The molecule has 152 valence electrons. The van der Waals surface area contributed by atoms with Crippen LogP contribution < -0.4 is 10.1 Å². The average molecular weight is 401 g/mol. The fourth-order valence-electron chi connectivity index (χ4n) is 3.35. The maximum atomic E-state index is 13.1. The second kappa shape index (κ2) is 9.24. The van der Waals surface area contributed by atoms with Crippen LogP contribution in [0.1, 0.15) is 15.9 Å². The van der Waals surface area contributed by atoms with Crippen LogP contribution in [0.3, 0.4) is 0 Å². The number of benzene rings is 2. The van der Waals surface area contributed by atoms with Crippen molar-refractivity contribution < 1.29 is 14.3 Å². The second-order valence-corrected chi connectivity index (χ2v) is 6.82. The molecule has 2 aromatic carbocycles. The van der Waals surface area contributed by atoms with Crippen LogP contribution in [-0.2, 0) is 11.3 Å². The molecule has 0 aliphatic rings. The van der Waals surface area contributed by atoms with Gasteiger partial charge in [0.2, 0.25) is 5.88 Å². The Kier molecular flexibility index (Phi) is 6.06. The predicted octanol–water partition coefficient (Wildman–Crippen LogP) is 4.36. The molecular weight excluding hydrogens is 378 g/mol. The first-order valence-electron chi connectivity index (χ1n) is 9.76. The van der Waals surface area contributed by atoms with Gasteiger partial charge in [0.05, 0.1) is 12.2 Å². The smallest absolute Gasteiger partial charge is 0.257 e. The Balaban J connectivity index is 1.61. The van der Waals surface area contributed by atoms with Crippen LogP contribution in [0.25, 0.3) is 10.9 Å². The van der Waals surface area contributed by atoms with Crippen molar-refractivity contribution in [1.29, 1.82) is 0 Å². The van der Waals surface area contributed by atoms with Crippen molar-refractivity contribution in [3.05, 3.63) is 90.3 Å². The minimum atomic E-state index is -0.206. The number of carbonyl (C=O) groups is 1. The Morgan fingerprint density at radius 2 is 1.80 bits per heavy atom. The van der Waals surface area contributed by atoms with Gasteiger partial charge in [0.1, 0.15) is 12.3 Å². The highest BCUT2D eigenvalue weighted by Crippen LogP contribution is 2.26. The lowest BCUT2D eigenvalue weighted by Crippen LogP contribution is -2.14. The SMILES string of the molecule is COCCOc1ncccc1NC(=O)c1cn(Cc2ccccc2)c2ccccc12. The zero-order chi connectivity index (χ0) is 20.8. The molecule has 2 aromatic heterocycles. The third kappa shape index (κ3) is 4.34. The summed E-state index contributed by atoms with van der Waals surface area (Å²) in [6.45, 7) is 1.48. The number of pyridine rings is 1. The second-order valence-electron chi connectivity index (χ2n) is 6.82. The quantitative estimate of drug-likeness (QED) is 0.446. The van der Waals surface area contributed by atoms with Crippen molar-refractivity contribution in [1.82, 2.24) is 9.55 Å². The summed E-state index contributed by atoms with van der Waals surface area (Å²) < 4.78 is 12.7. The van der Waals surface area contributed by atoms with Gasteiger partial charge < -0.3 is 19.4 Å². The molecule has 0 aliphatic heterocycles. The molecule has 0 bridgehead atoms. The van der Waals surface area contributed by atoms with Crippen molar-refractivity contribution in [3.8, 4) is 5.88 Å². The number of fused-ring (bicyclic) bond motifs is 1. The molecular formula is C24H23N3O3. The Morgan fingerprint density at radius 1 is 1.00 bits per heavy atom. The van der Waals surface area contributed by atoms with Crippen molar-refractivity contribution in [2.75, 3.05) is 25.6 Å². The lowest BCUT2D eigenvalue weighted by Gasteiger charge is -2.10. The molecule has 1 N–H and O–H groups in total. The summed E-state index contributed by atoms with van der Waals surface area (Å²) >= 11 is 0. The molecule has 30 heavy (non-hydrogen) atoms. The predicted molar refractivity (Wildman–Crippen MR) is 117 cm³/mol. The van der Waals surface area contributed by atoms with Crippen molar-refractivity contribution in [3.63, 3.8) is 0 Å². The van der Waals surface area contributed by atoms with Gasteiger partial charge in [-0.2, -0.15) is 0 Å². The van der Waals surface area contributed by atoms with Gasteiger partial charge in [0.15, 0.2) is 0 Å². The number of aromatic nitrogens is 2. The summed E-state index contributed by atoms with van der Waals surface area (Å²) in [4.78, 5) is 17.4. The molecule has 2 heterocycles. The molecule has 0 fully saturated rings. The monoisotopic (exact) mass is 401 g/mol. The summed E-state index contributed by atoms with van der Waals surface area (Å²) in [6.07, 6.45) is 3.53. The molecule has 4 aromatic rings. The Labute approximate surface area is 175 Å². The number of carbonyl (C=O) groups excluding carboxylic acids is 1. The van der Waals surface area contributed by atoms with Crippen LogP contribution in [0.2, 0.25) is 0 Å². The van der Waals surface area contributed by atoms with Crippen LogP contribution in [0.5, 0.6) is 5.88 Å². The Bertz CT molecular complexity index is 1140. The molecule has 1 amide bonds. The van der Waals surface area contributed by atoms with E-state index in [1.807, 2.05) is 48.7 Å². The van der Waals surface area contributed by atoms with E-state index in [1.54, 1.807) is 25.4 Å². The van der Waals surface area contributed by atoms with Gasteiger partial charge in [-0.3, -0.25) is 4.79 Å². The van der Waals surface area contributed by atoms with E-state index in [0.717, 1.165) is 10.9 Å². The standard InChI is InChI=1S/C24H23N3O3/c1-29-14-15-30-24-21(11-7-13-25-24)26-23(28)20-17-27(16-18-8-3-2-4-9-18)22-12-6-5-10-19(20)22/h2-13,17H,14-16H2,1H3,(H,26,28). The third-order valence-electron chi connectivity index (χ3n) is 4.77. The average Bonchev–Trinajstić information content (AvgIpc) is 3.14. The molecule has 0 unspecified atom stereocenters. The molecule has 0 spiro atoms. The Hall–Kier alpha value is -3.64. The fourth-order valence-corrected chi connectivity index (χ4v) is 3.35. The van der Waals surface area contributed by atoms with E-state index in [0.29, 0.717) is 36.9 Å². The number of amides is 1. The fraction of sp³-hybridized carbons (Fsp3) is 0.167. The summed E-state index contributed by atoms with van der Waals surface area (Å²) in [5, 5.41) is 3.84. The lowest BCUT2D eigenvalue weighted by molar-refractivity contribution is 0.102. The van der Waals surface area contributed by atoms with Gasteiger partial charge in [-0.1, -0.05) is 48.5 Å². The minimum Gasteiger partial charge on any atom is -0.474 e. The summed E-state index contributed by atoms with van der Waals surface area (Å²) in [6, 6.07) is 21.6. The minimum absolute atomic E-state index is 0.206. The van der Waals surface area contributed by atoms with Gasteiger partial charge in [0.25, 0.3) is 5.91 Å². The van der Waals surface area contributed by atoms with Gasteiger partial charge >= 0.3 is 0 Å². The number of anilines is 1. The highest BCUT2D eigenvalue weighted by molar-refractivity contribution is 6.13. The van der Waals surface area contributed by atoms with E-state index in [9.17, 15) is 4.79 Å². The maximum absolute atomic E-state index is 13.1. The maximum Gasteiger partial charge on any atom is 0.257 e. The largest absolute Gasteiger partial charge is 0.474 e. The molecule has 6 nitrogen and oxygen atoms in total. The first-order valence-corrected chi connectivity index (χ1v) is 9.76. The number of methoxy groups -OCH3 is 1. The van der Waals surface area contributed by atoms with Gasteiger partial charge in [-0.05, 0) is 23.8 Å². The molecule has 0 radical (unpaired) electrons. The van der Waals surface area contributed by atoms with Crippen molar-refractivity contribution in [2.24, 2.45) is 0 Å². The molecule has 0 atom stereocenters. The highest BCUT2D eigenvalue weighted by atomic mass is 16.5. The van der Waals surface area contributed by atoms with E-state index in [-0.39, 0.29) is 5.91 Å². The van der Waals surface area contributed by atoms with Gasteiger partial charge in [-0.15, -0.1) is 0 Å².